The molecule has 2 aliphatic rings. The minimum Gasteiger partial charge on any atom is -0.352 e. The van der Waals surface area contributed by atoms with Gasteiger partial charge in [-0.2, -0.15) is 4.31 Å². The first-order valence-electron chi connectivity index (χ1n) is 10.3. The highest BCUT2D eigenvalue weighted by molar-refractivity contribution is 7.89. The Balaban J connectivity index is 1.56. The molecule has 0 aliphatic carbocycles. The fraction of sp³-hybridized carbons (Fsp3) is 0.524. The number of sulfonamides is 1. The summed E-state index contributed by atoms with van der Waals surface area (Å²) in [5, 5.41) is 2.91. The first kappa shape index (κ1) is 21.0. The Morgan fingerprint density at radius 1 is 1.30 bits per heavy atom. The number of piperidine rings is 1. The van der Waals surface area contributed by atoms with Crippen LogP contribution >= 0.6 is 0 Å². The molecule has 1 aromatic heterocycles. The van der Waals surface area contributed by atoms with Crippen LogP contribution in [0, 0.1) is 6.92 Å². The van der Waals surface area contributed by atoms with E-state index in [1.165, 1.54) is 4.31 Å². The van der Waals surface area contributed by atoms with Crippen LogP contribution in [0.5, 0.6) is 0 Å². The Hall–Kier alpha value is -2.23. The zero-order chi connectivity index (χ0) is 21.5. The van der Waals surface area contributed by atoms with Crippen LogP contribution in [0.15, 0.2) is 41.6 Å². The minimum absolute atomic E-state index is 0.0163. The zero-order valence-corrected chi connectivity index (χ0v) is 18.4. The number of benzene rings is 1. The molecule has 162 valence electrons. The van der Waals surface area contributed by atoms with Gasteiger partial charge in [0.15, 0.2) is 6.10 Å². The second-order valence-corrected chi connectivity index (χ2v) is 10.3. The molecule has 2 aliphatic heterocycles. The topological polar surface area (TPSA) is 93.5 Å². The number of carbonyl (C=O) groups excluding carboxylic acids is 1. The van der Waals surface area contributed by atoms with Crippen molar-refractivity contribution < 1.29 is 17.9 Å². The van der Waals surface area contributed by atoms with Gasteiger partial charge >= 0.3 is 0 Å². The van der Waals surface area contributed by atoms with Crippen LogP contribution in [0.25, 0.3) is 0 Å². The minimum atomic E-state index is -3.58. The summed E-state index contributed by atoms with van der Waals surface area (Å²) >= 11 is 0. The van der Waals surface area contributed by atoms with Gasteiger partial charge in [0, 0.05) is 31.5 Å². The smallest absolute Gasteiger partial charge is 0.251 e. The van der Waals surface area contributed by atoms with E-state index in [0.717, 1.165) is 11.4 Å². The van der Waals surface area contributed by atoms with Crippen molar-refractivity contribution in [2.45, 2.75) is 62.8 Å². The van der Waals surface area contributed by atoms with Crippen molar-refractivity contribution >= 4 is 15.9 Å². The summed E-state index contributed by atoms with van der Waals surface area (Å²) in [7, 11) is -3.58. The number of hydrogen-bond acceptors (Lipinski definition) is 5. The largest absolute Gasteiger partial charge is 0.352 e. The lowest BCUT2D eigenvalue weighted by Gasteiger charge is -2.45. The number of amides is 1. The number of aryl methyl sites for hydroxylation is 1. The van der Waals surface area contributed by atoms with Crippen LogP contribution in [0.1, 0.15) is 38.1 Å². The summed E-state index contributed by atoms with van der Waals surface area (Å²) in [5.41, 5.74) is 0.139. The van der Waals surface area contributed by atoms with E-state index in [9.17, 15) is 13.2 Å². The summed E-state index contributed by atoms with van der Waals surface area (Å²) in [6.07, 6.45) is 3.82. The summed E-state index contributed by atoms with van der Waals surface area (Å²) < 4.78 is 36.0. The van der Waals surface area contributed by atoms with Crippen LogP contribution in [-0.2, 0) is 31.7 Å². The fourth-order valence-electron chi connectivity index (χ4n) is 4.26. The van der Waals surface area contributed by atoms with E-state index < -0.39 is 21.7 Å². The van der Waals surface area contributed by atoms with Crippen LogP contribution in [0.3, 0.4) is 0 Å². The molecule has 1 saturated heterocycles. The Kier molecular flexibility index (Phi) is 5.46. The molecule has 30 heavy (non-hydrogen) atoms. The van der Waals surface area contributed by atoms with Crippen molar-refractivity contribution in [3.8, 4) is 0 Å². The lowest BCUT2D eigenvalue weighted by molar-refractivity contribution is -0.171. The molecule has 1 spiro atoms. The second-order valence-electron chi connectivity index (χ2n) is 8.39. The summed E-state index contributed by atoms with van der Waals surface area (Å²) in [6.45, 7) is 6.72. The molecule has 0 saturated carbocycles. The molecule has 0 radical (unpaired) electrons. The molecule has 4 rings (SSSR count). The van der Waals surface area contributed by atoms with Gasteiger partial charge in [-0.1, -0.05) is 12.1 Å². The monoisotopic (exact) mass is 432 g/mol. The molecule has 1 aromatic carbocycles. The zero-order valence-electron chi connectivity index (χ0n) is 17.5. The van der Waals surface area contributed by atoms with Crippen LogP contribution < -0.4 is 5.32 Å². The number of rotatable bonds is 4. The number of fused-ring (bicyclic) bond motifs is 2. The van der Waals surface area contributed by atoms with Crippen molar-refractivity contribution in [2.24, 2.45) is 0 Å². The SMILES string of the molecule is Cc1cccc(S(=O)(=O)N2CCC3(CC2)O[C@H](C(=O)NC(C)C)Cn2ccnc23)c1. The van der Waals surface area contributed by atoms with Crippen molar-refractivity contribution in [3.63, 3.8) is 0 Å². The average molecular weight is 433 g/mol. The van der Waals surface area contributed by atoms with Crippen LogP contribution in [-0.4, -0.2) is 53.4 Å². The third-order valence-corrected chi connectivity index (χ3v) is 7.63. The van der Waals surface area contributed by atoms with Gasteiger partial charge < -0.3 is 14.6 Å². The number of nitrogens with zero attached hydrogens (tertiary/aromatic N) is 3. The molecule has 1 atom stereocenters. The quantitative estimate of drug-likeness (QED) is 0.795. The van der Waals surface area contributed by atoms with Gasteiger partial charge in [-0.15, -0.1) is 0 Å². The lowest BCUT2D eigenvalue weighted by Crippen LogP contribution is -2.55. The Labute approximate surface area is 177 Å². The summed E-state index contributed by atoms with van der Waals surface area (Å²) in [6, 6.07) is 6.97. The summed E-state index contributed by atoms with van der Waals surface area (Å²) in [5.74, 6) is 0.613. The van der Waals surface area contributed by atoms with Crippen LogP contribution in [0.2, 0.25) is 0 Å². The van der Waals surface area contributed by atoms with E-state index in [2.05, 4.69) is 10.3 Å². The first-order valence-corrected chi connectivity index (χ1v) is 11.7. The predicted molar refractivity (Wildman–Crippen MR) is 111 cm³/mol. The van der Waals surface area contributed by atoms with E-state index >= 15 is 0 Å². The molecule has 1 amide bonds. The van der Waals surface area contributed by atoms with Crippen LogP contribution in [0.4, 0.5) is 0 Å². The molecule has 3 heterocycles. The van der Waals surface area contributed by atoms with E-state index in [1.807, 2.05) is 37.6 Å². The third-order valence-electron chi connectivity index (χ3n) is 5.73. The number of hydrogen-bond donors (Lipinski definition) is 1. The number of aromatic nitrogens is 2. The van der Waals surface area contributed by atoms with E-state index in [0.29, 0.717) is 37.4 Å². The maximum absolute atomic E-state index is 13.1. The second kappa shape index (κ2) is 7.79. The maximum Gasteiger partial charge on any atom is 0.251 e. The number of ether oxygens (including phenoxy) is 1. The van der Waals surface area contributed by atoms with Crippen molar-refractivity contribution in [1.29, 1.82) is 0 Å². The molecule has 1 N–H and O–H groups in total. The van der Waals surface area contributed by atoms with E-state index in [-0.39, 0.29) is 11.9 Å². The van der Waals surface area contributed by atoms with E-state index in [1.54, 1.807) is 24.4 Å². The molecule has 0 bridgehead atoms. The normalized spacial score (nSPS) is 21.5. The maximum atomic E-state index is 13.1. The molecular formula is C21H28N4O4S. The molecule has 9 heteroatoms. The number of imidazole rings is 1. The third kappa shape index (κ3) is 3.77. The predicted octanol–water partition coefficient (Wildman–Crippen LogP) is 1.79. The van der Waals surface area contributed by atoms with Crippen molar-refractivity contribution in [3.05, 3.63) is 48.0 Å². The van der Waals surface area contributed by atoms with Gasteiger partial charge in [0.25, 0.3) is 5.91 Å². The Morgan fingerprint density at radius 2 is 2.03 bits per heavy atom. The highest BCUT2D eigenvalue weighted by Crippen LogP contribution is 2.41. The first-order chi connectivity index (χ1) is 14.2. The van der Waals surface area contributed by atoms with Gasteiger partial charge in [0.05, 0.1) is 11.4 Å². The molecule has 0 unspecified atom stereocenters. The van der Waals surface area contributed by atoms with Crippen molar-refractivity contribution in [1.82, 2.24) is 19.2 Å². The molecule has 2 aromatic rings. The highest BCUT2D eigenvalue weighted by atomic mass is 32.2. The average Bonchev–Trinajstić information content (AvgIpc) is 3.17. The van der Waals surface area contributed by atoms with Gasteiger partial charge in [0.2, 0.25) is 10.0 Å². The van der Waals surface area contributed by atoms with Gasteiger partial charge in [0.1, 0.15) is 11.4 Å². The van der Waals surface area contributed by atoms with Gasteiger partial charge in [-0.25, -0.2) is 13.4 Å². The van der Waals surface area contributed by atoms with Crippen molar-refractivity contribution in [2.75, 3.05) is 13.1 Å². The number of nitrogens with one attached hydrogen (secondary N) is 1. The standard InChI is InChI=1S/C21H28N4O4S/c1-15(2)23-19(26)18-14-24-12-9-22-20(24)21(29-18)7-10-25(11-8-21)30(27,28)17-6-4-5-16(3)13-17/h4-6,9,12-13,15,18H,7-8,10-11,14H2,1-3H3,(H,23,26)/t18-/m0/s1. The Bertz CT molecular complexity index is 1040. The molecular weight excluding hydrogens is 404 g/mol. The lowest BCUT2D eigenvalue weighted by atomic mass is 9.89. The molecule has 1 fully saturated rings. The number of carbonyl (C=O) groups is 1. The highest BCUT2D eigenvalue weighted by Gasteiger charge is 2.48. The van der Waals surface area contributed by atoms with Gasteiger partial charge in [-0.05, 0) is 51.3 Å². The van der Waals surface area contributed by atoms with E-state index in [4.69, 9.17) is 4.74 Å². The Morgan fingerprint density at radius 3 is 2.70 bits per heavy atom. The summed E-state index contributed by atoms with van der Waals surface area (Å²) in [4.78, 5) is 17.4. The fourth-order valence-corrected chi connectivity index (χ4v) is 5.81. The molecule has 8 nitrogen and oxygen atoms in total. The van der Waals surface area contributed by atoms with Gasteiger partial charge in [-0.3, -0.25) is 4.79 Å².